The molecule has 5 nitrogen and oxygen atoms in total. The summed E-state index contributed by atoms with van der Waals surface area (Å²) in [5.74, 6) is 3.10. The second-order valence-corrected chi connectivity index (χ2v) is 9.37. The lowest BCUT2D eigenvalue weighted by Gasteiger charge is -2.11. The molecule has 1 amide bonds. The van der Waals surface area contributed by atoms with E-state index in [2.05, 4.69) is 19.2 Å². The number of aromatic hydroxyl groups is 1. The Bertz CT molecular complexity index is 628. The Morgan fingerprint density at radius 1 is 0.935 bits per heavy atom. The van der Waals surface area contributed by atoms with Crippen molar-refractivity contribution in [1.82, 2.24) is 5.32 Å². The largest absolute Gasteiger partial charge is 0.508 e. The summed E-state index contributed by atoms with van der Waals surface area (Å²) in [6.07, 6.45) is 13.5. The van der Waals surface area contributed by atoms with Gasteiger partial charge >= 0.3 is 0 Å². The van der Waals surface area contributed by atoms with Gasteiger partial charge in [0, 0.05) is 31.2 Å². The number of nitrogens with one attached hydrogen (secondary N) is 1. The summed E-state index contributed by atoms with van der Waals surface area (Å²) in [5.41, 5.74) is 0. The van der Waals surface area contributed by atoms with E-state index in [9.17, 15) is 9.90 Å². The van der Waals surface area contributed by atoms with E-state index in [0.29, 0.717) is 37.1 Å². The molecule has 1 aromatic carbocycles. The molecular formula is C26H43NO4. The van der Waals surface area contributed by atoms with E-state index in [-0.39, 0.29) is 11.7 Å². The van der Waals surface area contributed by atoms with Crippen molar-refractivity contribution in [2.24, 2.45) is 11.8 Å². The van der Waals surface area contributed by atoms with Gasteiger partial charge in [0.15, 0.2) is 0 Å². The van der Waals surface area contributed by atoms with Gasteiger partial charge in [-0.05, 0) is 43.9 Å². The zero-order valence-corrected chi connectivity index (χ0v) is 19.7. The summed E-state index contributed by atoms with van der Waals surface area (Å²) in [4.78, 5) is 11.7. The molecule has 0 radical (unpaired) electrons. The second kappa shape index (κ2) is 15.0. The Balaban J connectivity index is 1.41. The molecule has 0 bridgehead atoms. The van der Waals surface area contributed by atoms with E-state index in [4.69, 9.17) is 9.47 Å². The molecule has 1 fully saturated rings. The van der Waals surface area contributed by atoms with Gasteiger partial charge in [0.1, 0.15) is 17.2 Å². The molecule has 31 heavy (non-hydrogen) atoms. The van der Waals surface area contributed by atoms with Crippen molar-refractivity contribution >= 4 is 5.91 Å². The number of amides is 1. The first-order valence-corrected chi connectivity index (χ1v) is 12.4. The number of phenols is 1. The standard InChI is InChI=1S/C26H43NO4/c1-21(2)14-16-31-25-18-23(28)17-24(19-25)30-15-10-8-6-4-3-5-7-9-11-26(29)27-20-22-12-13-22/h17-19,21-22,28H,3-16,20H2,1-2H3,(H,27,29). The Morgan fingerprint density at radius 3 is 2.13 bits per heavy atom. The quantitative estimate of drug-likeness (QED) is 0.269. The fraction of sp³-hybridized carbons (Fsp3) is 0.731. The first kappa shape index (κ1) is 25.4. The van der Waals surface area contributed by atoms with Crippen molar-refractivity contribution in [3.05, 3.63) is 18.2 Å². The highest BCUT2D eigenvalue weighted by atomic mass is 16.5. The molecular weight excluding hydrogens is 390 g/mol. The SMILES string of the molecule is CC(C)CCOc1cc(O)cc(OCCCCCCCCCCC(=O)NCC2CC2)c1. The predicted molar refractivity (Wildman–Crippen MR) is 126 cm³/mol. The van der Waals surface area contributed by atoms with Gasteiger partial charge in [-0.25, -0.2) is 0 Å². The van der Waals surface area contributed by atoms with Gasteiger partial charge in [-0.2, -0.15) is 0 Å². The molecule has 1 aliphatic carbocycles. The van der Waals surface area contributed by atoms with Gasteiger partial charge < -0.3 is 19.9 Å². The number of hydrogen-bond acceptors (Lipinski definition) is 4. The maximum absolute atomic E-state index is 11.7. The van der Waals surface area contributed by atoms with Crippen LogP contribution in [0.2, 0.25) is 0 Å². The molecule has 0 aliphatic heterocycles. The maximum atomic E-state index is 11.7. The minimum atomic E-state index is 0.178. The average molecular weight is 434 g/mol. The van der Waals surface area contributed by atoms with Crippen LogP contribution < -0.4 is 14.8 Å². The molecule has 0 atom stereocenters. The van der Waals surface area contributed by atoms with Gasteiger partial charge in [0.05, 0.1) is 13.2 Å². The number of carbonyl (C=O) groups excluding carboxylic acids is 1. The summed E-state index contributed by atoms with van der Waals surface area (Å²) in [5, 5.41) is 12.9. The Hall–Kier alpha value is -1.91. The fourth-order valence-corrected chi connectivity index (χ4v) is 3.44. The van der Waals surface area contributed by atoms with Gasteiger partial charge in [-0.1, -0.05) is 52.4 Å². The minimum absolute atomic E-state index is 0.178. The first-order chi connectivity index (χ1) is 15.0. The topological polar surface area (TPSA) is 67.8 Å². The van der Waals surface area contributed by atoms with Crippen LogP contribution >= 0.6 is 0 Å². The molecule has 2 N–H and O–H groups in total. The van der Waals surface area contributed by atoms with Crippen molar-refractivity contribution < 1.29 is 19.4 Å². The van der Waals surface area contributed by atoms with Crippen LogP contribution in [-0.2, 0) is 4.79 Å². The molecule has 1 aromatic rings. The van der Waals surface area contributed by atoms with Gasteiger partial charge in [-0.15, -0.1) is 0 Å². The fourth-order valence-electron chi connectivity index (χ4n) is 3.44. The van der Waals surface area contributed by atoms with Gasteiger partial charge in [-0.3, -0.25) is 4.79 Å². The van der Waals surface area contributed by atoms with Crippen molar-refractivity contribution in [1.29, 1.82) is 0 Å². The van der Waals surface area contributed by atoms with Crippen molar-refractivity contribution in [2.45, 2.75) is 90.9 Å². The van der Waals surface area contributed by atoms with Gasteiger partial charge in [0.2, 0.25) is 5.91 Å². The number of carbonyl (C=O) groups is 1. The van der Waals surface area contributed by atoms with Crippen LogP contribution in [0.25, 0.3) is 0 Å². The zero-order valence-electron chi connectivity index (χ0n) is 19.7. The average Bonchev–Trinajstić information content (AvgIpc) is 3.54. The van der Waals surface area contributed by atoms with Crippen LogP contribution in [0.5, 0.6) is 17.2 Å². The molecule has 5 heteroatoms. The molecule has 0 spiro atoms. The highest BCUT2D eigenvalue weighted by Gasteiger charge is 2.21. The highest BCUT2D eigenvalue weighted by molar-refractivity contribution is 5.75. The lowest BCUT2D eigenvalue weighted by atomic mass is 10.1. The Morgan fingerprint density at radius 2 is 1.52 bits per heavy atom. The number of benzene rings is 1. The third-order valence-electron chi connectivity index (χ3n) is 5.68. The molecule has 1 aliphatic rings. The maximum Gasteiger partial charge on any atom is 0.220 e. The van der Waals surface area contributed by atoms with Crippen molar-refractivity contribution in [3.63, 3.8) is 0 Å². The van der Waals surface area contributed by atoms with E-state index in [1.807, 2.05) is 6.07 Å². The Kier molecular flexibility index (Phi) is 12.3. The molecule has 0 heterocycles. The lowest BCUT2D eigenvalue weighted by molar-refractivity contribution is -0.121. The molecule has 0 aromatic heterocycles. The first-order valence-electron chi connectivity index (χ1n) is 12.4. The summed E-state index contributed by atoms with van der Waals surface area (Å²) in [7, 11) is 0. The summed E-state index contributed by atoms with van der Waals surface area (Å²) < 4.78 is 11.5. The summed E-state index contributed by atoms with van der Waals surface area (Å²) >= 11 is 0. The van der Waals surface area contributed by atoms with Crippen LogP contribution in [-0.4, -0.2) is 30.8 Å². The summed E-state index contributed by atoms with van der Waals surface area (Å²) in [6.45, 7) is 6.52. The number of phenolic OH excluding ortho intramolecular Hbond substituents is 1. The highest BCUT2D eigenvalue weighted by Crippen LogP contribution is 2.28. The molecule has 0 unspecified atom stereocenters. The summed E-state index contributed by atoms with van der Waals surface area (Å²) in [6, 6.07) is 5.13. The van der Waals surface area contributed by atoms with Crippen LogP contribution in [0.1, 0.15) is 90.9 Å². The van der Waals surface area contributed by atoms with Crippen LogP contribution in [0, 0.1) is 11.8 Å². The third kappa shape index (κ3) is 13.2. The van der Waals surface area contributed by atoms with Gasteiger partial charge in [0.25, 0.3) is 0 Å². The number of unbranched alkanes of at least 4 members (excludes halogenated alkanes) is 7. The van der Waals surface area contributed by atoms with E-state index in [0.717, 1.165) is 44.6 Å². The minimum Gasteiger partial charge on any atom is -0.508 e. The molecule has 0 saturated heterocycles. The third-order valence-corrected chi connectivity index (χ3v) is 5.68. The van der Waals surface area contributed by atoms with Crippen molar-refractivity contribution in [2.75, 3.05) is 19.8 Å². The molecule has 1 saturated carbocycles. The van der Waals surface area contributed by atoms with E-state index < -0.39 is 0 Å². The zero-order chi connectivity index (χ0) is 22.3. The Labute approximate surface area is 188 Å². The number of rotatable bonds is 18. The second-order valence-electron chi connectivity index (χ2n) is 9.37. The predicted octanol–water partition coefficient (Wildman–Crippen LogP) is 6.23. The monoisotopic (exact) mass is 433 g/mol. The molecule has 2 rings (SSSR count). The number of hydrogen-bond donors (Lipinski definition) is 2. The number of ether oxygens (including phenoxy) is 2. The van der Waals surface area contributed by atoms with E-state index >= 15 is 0 Å². The van der Waals surface area contributed by atoms with Crippen LogP contribution in [0.3, 0.4) is 0 Å². The van der Waals surface area contributed by atoms with Crippen LogP contribution in [0.4, 0.5) is 0 Å². The molecule has 176 valence electrons. The van der Waals surface area contributed by atoms with Crippen LogP contribution in [0.15, 0.2) is 18.2 Å². The van der Waals surface area contributed by atoms with Crippen molar-refractivity contribution in [3.8, 4) is 17.2 Å². The normalized spacial score (nSPS) is 13.4. The van der Waals surface area contributed by atoms with E-state index in [1.165, 1.54) is 38.5 Å². The smallest absolute Gasteiger partial charge is 0.220 e. The van der Waals surface area contributed by atoms with E-state index in [1.54, 1.807) is 12.1 Å². The lowest BCUT2D eigenvalue weighted by Crippen LogP contribution is -2.25.